The van der Waals surface area contributed by atoms with Crippen molar-refractivity contribution in [3.05, 3.63) is 63.2 Å². The fraction of sp³-hybridized carbons (Fsp3) is 0.158. The van der Waals surface area contributed by atoms with Crippen LogP contribution in [0.5, 0.6) is 0 Å². The van der Waals surface area contributed by atoms with Crippen molar-refractivity contribution in [3.8, 4) is 10.4 Å². The molecule has 0 amide bonds. The molecule has 0 aliphatic rings. The van der Waals surface area contributed by atoms with Crippen LogP contribution in [0.4, 0.5) is 0 Å². The van der Waals surface area contributed by atoms with Crippen LogP contribution < -0.4 is 5.56 Å². The normalized spacial score (nSPS) is 10.9. The van der Waals surface area contributed by atoms with E-state index in [0.29, 0.717) is 15.8 Å². The Morgan fingerprint density at radius 2 is 2.14 bits per heavy atom. The molecular weight excluding hydrogens is 416 g/mol. The van der Waals surface area contributed by atoms with E-state index in [4.69, 9.17) is 9.15 Å². The average Bonchev–Trinajstić information content (AvgIpc) is 3.47. The lowest BCUT2D eigenvalue weighted by Gasteiger charge is -2.07. The molecule has 0 bridgehead atoms. The minimum absolute atomic E-state index is 0.0283. The van der Waals surface area contributed by atoms with E-state index in [0.717, 1.165) is 10.4 Å². The Hall–Kier alpha value is -3.24. The zero-order chi connectivity index (χ0) is 20.4. The van der Waals surface area contributed by atoms with Gasteiger partial charge in [0.1, 0.15) is 18.0 Å². The Balaban J connectivity index is 1.52. The van der Waals surface area contributed by atoms with Crippen LogP contribution in [-0.4, -0.2) is 28.6 Å². The van der Waals surface area contributed by atoms with Crippen molar-refractivity contribution in [1.82, 2.24) is 9.55 Å². The van der Waals surface area contributed by atoms with E-state index < -0.39 is 11.9 Å². The molecule has 0 aromatic carbocycles. The van der Waals surface area contributed by atoms with Crippen LogP contribution in [-0.2, 0) is 27.4 Å². The van der Waals surface area contributed by atoms with E-state index in [2.05, 4.69) is 9.72 Å². The number of carbonyl (C=O) groups excluding carboxylic acids is 2. The van der Waals surface area contributed by atoms with Crippen molar-refractivity contribution in [1.29, 1.82) is 0 Å². The molecule has 0 fully saturated rings. The number of rotatable bonds is 6. The zero-order valence-corrected chi connectivity index (χ0v) is 16.7. The molecule has 0 spiro atoms. The Labute approximate surface area is 171 Å². The molecule has 4 aromatic heterocycles. The van der Waals surface area contributed by atoms with Gasteiger partial charge in [-0.3, -0.25) is 14.2 Å². The topological polar surface area (TPSA) is 101 Å². The van der Waals surface area contributed by atoms with Gasteiger partial charge in [-0.15, -0.1) is 22.7 Å². The number of carbonyl (C=O) groups is 2. The van der Waals surface area contributed by atoms with Gasteiger partial charge >= 0.3 is 11.9 Å². The van der Waals surface area contributed by atoms with Crippen LogP contribution in [0.25, 0.3) is 20.7 Å². The predicted octanol–water partition coefficient (Wildman–Crippen LogP) is 3.31. The summed E-state index contributed by atoms with van der Waals surface area (Å²) in [4.78, 5) is 42.6. The minimum Gasteiger partial charge on any atom is -0.463 e. The van der Waals surface area contributed by atoms with Crippen LogP contribution in [0.15, 0.2) is 50.8 Å². The quantitative estimate of drug-likeness (QED) is 0.433. The first-order valence-electron chi connectivity index (χ1n) is 8.39. The number of esters is 2. The number of nitrogens with zero attached hydrogens (tertiary/aromatic N) is 2. The first-order chi connectivity index (χ1) is 14.1. The van der Waals surface area contributed by atoms with E-state index in [1.165, 1.54) is 53.0 Å². The first kappa shape index (κ1) is 19.1. The second kappa shape index (κ2) is 8.02. The molecule has 0 aliphatic carbocycles. The molecule has 0 atom stereocenters. The summed E-state index contributed by atoms with van der Waals surface area (Å²) >= 11 is 2.91. The molecule has 10 heteroatoms. The summed E-state index contributed by atoms with van der Waals surface area (Å²) in [6.07, 6.45) is 2.64. The number of furan rings is 1. The molecule has 8 nitrogen and oxygen atoms in total. The largest absolute Gasteiger partial charge is 0.463 e. The summed E-state index contributed by atoms with van der Waals surface area (Å²) in [7, 11) is 1.23. The van der Waals surface area contributed by atoms with Gasteiger partial charge in [0.25, 0.3) is 5.56 Å². The number of methoxy groups -OCH3 is 1. The van der Waals surface area contributed by atoms with E-state index >= 15 is 0 Å². The highest BCUT2D eigenvalue weighted by Gasteiger charge is 2.18. The Morgan fingerprint density at radius 3 is 2.90 bits per heavy atom. The van der Waals surface area contributed by atoms with Crippen LogP contribution in [0, 0.1) is 0 Å². The maximum atomic E-state index is 12.9. The second-order valence-electron chi connectivity index (χ2n) is 5.91. The molecule has 4 aromatic rings. The molecule has 0 N–H and O–H groups in total. The number of ether oxygens (including phenoxy) is 2. The highest BCUT2D eigenvalue weighted by Crippen LogP contribution is 2.33. The second-order valence-corrected chi connectivity index (χ2v) is 7.72. The molecular formula is C19H14N2O6S2. The lowest BCUT2D eigenvalue weighted by molar-refractivity contribution is -0.145. The SMILES string of the molecule is COC(=O)c1occc1COC(=O)Cn1cnc2scc(-c3cccs3)c2c1=O. The third-order valence-electron chi connectivity index (χ3n) is 4.15. The van der Waals surface area contributed by atoms with Gasteiger partial charge in [-0.25, -0.2) is 9.78 Å². The third kappa shape index (κ3) is 3.71. The van der Waals surface area contributed by atoms with Gasteiger partial charge in [-0.2, -0.15) is 0 Å². The summed E-state index contributed by atoms with van der Waals surface area (Å²) in [6, 6.07) is 5.35. The number of hydrogen-bond acceptors (Lipinski definition) is 9. The van der Waals surface area contributed by atoms with Gasteiger partial charge in [0.15, 0.2) is 0 Å². The van der Waals surface area contributed by atoms with Crippen LogP contribution in [0.2, 0.25) is 0 Å². The number of fused-ring (bicyclic) bond motifs is 1. The summed E-state index contributed by atoms with van der Waals surface area (Å²) < 4.78 is 16.0. The fourth-order valence-electron chi connectivity index (χ4n) is 2.76. The summed E-state index contributed by atoms with van der Waals surface area (Å²) in [6.45, 7) is -0.476. The predicted molar refractivity (Wildman–Crippen MR) is 107 cm³/mol. The molecule has 0 aliphatic heterocycles. The lowest BCUT2D eigenvalue weighted by atomic mass is 10.2. The average molecular weight is 430 g/mol. The summed E-state index contributed by atoms with van der Waals surface area (Å²) in [5.41, 5.74) is 0.875. The third-order valence-corrected chi connectivity index (χ3v) is 5.94. The molecule has 4 rings (SSSR count). The Kier molecular flexibility index (Phi) is 5.28. The first-order valence-corrected chi connectivity index (χ1v) is 10.1. The van der Waals surface area contributed by atoms with Gasteiger partial charge in [-0.1, -0.05) is 6.07 Å². The van der Waals surface area contributed by atoms with Gasteiger partial charge in [0.2, 0.25) is 5.76 Å². The standard InChI is InChI=1S/C19H14N2O6S2/c1-25-19(24)16-11(4-5-26-16)8-27-14(22)7-21-10-20-17-15(18(21)23)12(9-29-17)13-3-2-6-28-13/h2-6,9-10H,7-8H2,1H3. The van der Waals surface area contributed by atoms with E-state index in [1.807, 2.05) is 22.9 Å². The number of hydrogen-bond donors (Lipinski definition) is 0. The Morgan fingerprint density at radius 1 is 1.28 bits per heavy atom. The maximum Gasteiger partial charge on any atom is 0.374 e. The fourth-order valence-corrected chi connectivity index (χ4v) is 4.48. The minimum atomic E-state index is -0.662. The molecule has 0 radical (unpaired) electrons. The summed E-state index contributed by atoms with van der Waals surface area (Å²) in [5.74, 6) is -1.33. The highest BCUT2D eigenvalue weighted by molar-refractivity contribution is 7.18. The number of aromatic nitrogens is 2. The van der Waals surface area contributed by atoms with Crippen molar-refractivity contribution in [2.75, 3.05) is 7.11 Å². The van der Waals surface area contributed by atoms with Gasteiger partial charge in [-0.05, 0) is 17.5 Å². The lowest BCUT2D eigenvalue weighted by Crippen LogP contribution is -2.25. The van der Waals surface area contributed by atoms with Crippen molar-refractivity contribution in [3.63, 3.8) is 0 Å². The van der Waals surface area contributed by atoms with Crippen LogP contribution in [0.1, 0.15) is 16.1 Å². The highest BCUT2D eigenvalue weighted by atomic mass is 32.1. The summed E-state index contributed by atoms with van der Waals surface area (Å²) in [5, 5.41) is 4.31. The van der Waals surface area contributed by atoms with Gasteiger partial charge in [0.05, 0.1) is 25.1 Å². The smallest absolute Gasteiger partial charge is 0.374 e. The molecule has 29 heavy (non-hydrogen) atoms. The monoisotopic (exact) mass is 430 g/mol. The molecule has 0 saturated heterocycles. The molecule has 4 heterocycles. The molecule has 0 saturated carbocycles. The maximum absolute atomic E-state index is 12.9. The van der Waals surface area contributed by atoms with E-state index in [1.54, 1.807) is 0 Å². The van der Waals surface area contributed by atoms with E-state index in [-0.39, 0.29) is 24.5 Å². The molecule has 0 unspecified atom stereocenters. The number of thiophene rings is 2. The van der Waals surface area contributed by atoms with Crippen molar-refractivity contribution in [2.45, 2.75) is 13.2 Å². The van der Waals surface area contributed by atoms with Gasteiger partial charge < -0.3 is 13.9 Å². The van der Waals surface area contributed by atoms with Crippen molar-refractivity contribution < 1.29 is 23.5 Å². The Bertz CT molecular complexity index is 1240. The van der Waals surface area contributed by atoms with Crippen LogP contribution >= 0.6 is 22.7 Å². The van der Waals surface area contributed by atoms with Gasteiger partial charge in [0, 0.05) is 21.4 Å². The zero-order valence-electron chi connectivity index (χ0n) is 15.1. The molecule has 148 valence electrons. The van der Waals surface area contributed by atoms with Crippen molar-refractivity contribution in [2.24, 2.45) is 0 Å². The van der Waals surface area contributed by atoms with Crippen molar-refractivity contribution >= 4 is 44.8 Å². The van der Waals surface area contributed by atoms with E-state index in [9.17, 15) is 14.4 Å². The van der Waals surface area contributed by atoms with Crippen LogP contribution in [0.3, 0.4) is 0 Å².